The molecule has 5 heteroatoms. The number of carboxylic acids is 1. The average Bonchev–Trinajstić information content (AvgIpc) is 2.59. The van der Waals surface area contributed by atoms with E-state index in [2.05, 4.69) is 9.97 Å². The van der Waals surface area contributed by atoms with E-state index in [0.717, 1.165) is 0 Å². The second-order valence-electron chi connectivity index (χ2n) is 3.34. The lowest BCUT2D eigenvalue weighted by molar-refractivity contribution is 0.0697. The zero-order valence-electron chi connectivity index (χ0n) is 8.06. The molecule has 0 fully saturated rings. The van der Waals surface area contributed by atoms with Crippen LogP contribution in [0.1, 0.15) is 29.2 Å². The second kappa shape index (κ2) is 3.36. The molecule has 0 bridgehead atoms. The number of benzene rings is 1. The van der Waals surface area contributed by atoms with Crippen molar-refractivity contribution in [2.75, 3.05) is 0 Å². The number of aromatic nitrogens is 2. The molecule has 1 aromatic carbocycles. The lowest BCUT2D eigenvalue weighted by Crippen LogP contribution is -1.94. The maximum Gasteiger partial charge on any atom is 0.335 e. The largest absolute Gasteiger partial charge is 0.478 e. The van der Waals surface area contributed by atoms with Crippen LogP contribution in [0.2, 0.25) is 0 Å². The molecule has 1 heterocycles. The Bertz CT molecular complexity index is 516. The molecule has 0 amide bonds. The van der Waals surface area contributed by atoms with Crippen LogP contribution in [0.4, 0.5) is 0 Å². The smallest absolute Gasteiger partial charge is 0.335 e. The summed E-state index contributed by atoms with van der Waals surface area (Å²) >= 11 is 0. The Morgan fingerprint density at radius 3 is 2.87 bits per heavy atom. The number of imidazole rings is 1. The van der Waals surface area contributed by atoms with Crippen LogP contribution in [-0.2, 0) is 0 Å². The van der Waals surface area contributed by atoms with Crippen molar-refractivity contribution in [2.45, 2.75) is 13.0 Å². The molecule has 0 saturated heterocycles. The summed E-state index contributed by atoms with van der Waals surface area (Å²) in [7, 11) is 0. The number of rotatable bonds is 2. The van der Waals surface area contributed by atoms with Crippen LogP contribution in [0.3, 0.4) is 0 Å². The molecular weight excluding hydrogens is 196 g/mol. The minimum atomic E-state index is -0.981. The molecule has 78 valence electrons. The molecule has 0 unspecified atom stereocenters. The number of H-pyrrole nitrogens is 1. The number of aliphatic hydroxyl groups is 1. The van der Waals surface area contributed by atoms with Crippen LogP contribution in [0.15, 0.2) is 18.2 Å². The molecule has 0 aliphatic carbocycles. The molecule has 2 rings (SSSR count). The summed E-state index contributed by atoms with van der Waals surface area (Å²) in [5.74, 6) is -0.544. The highest BCUT2D eigenvalue weighted by molar-refractivity contribution is 5.92. The number of hydrogen-bond acceptors (Lipinski definition) is 3. The molecule has 0 saturated carbocycles. The zero-order valence-corrected chi connectivity index (χ0v) is 8.06. The first-order chi connectivity index (χ1) is 7.08. The molecule has 1 atom stereocenters. The average molecular weight is 206 g/mol. The molecule has 2 aromatic rings. The predicted octanol–water partition coefficient (Wildman–Crippen LogP) is 1.31. The fourth-order valence-electron chi connectivity index (χ4n) is 1.36. The van der Waals surface area contributed by atoms with Crippen molar-refractivity contribution in [3.63, 3.8) is 0 Å². The Morgan fingerprint density at radius 1 is 1.53 bits per heavy atom. The van der Waals surface area contributed by atoms with Crippen LogP contribution in [0.5, 0.6) is 0 Å². The summed E-state index contributed by atoms with van der Waals surface area (Å²) in [4.78, 5) is 17.7. The monoisotopic (exact) mass is 206 g/mol. The Balaban J connectivity index is 2.57. The number of aromatic carboxylic acids is 1. The highest BCUT2D eigenvalue weighted by Crippen LogP contribution is 2.17. The zero-order chi connectivity index (χ0) is 11.0. The van der Waals surface area contributed by atoms with Gasteiger partial charge in [-0.1, -0.05) is 0 Å². The fraction of sp³-hybridized carbons (Fsp3) is 0.200. The maximum atomic E-state index is 10.7. The number of carbonyl (C=O) groups is 1. The fourth-order valence-corrected chi connectivity index (χ4v) is 1.36. The summed E-state index contributed by atoms with van der Waals surface area (Å²) in [6.45, 7) is 1.59. The third-order valence-electron chi connectivity index (χ3n) is 2.14. The molecular formula is C10H10N2O3. The quantitative estimate of drug-likeness (QED) is 0.691. The van der Waals surface area contributed by atoms with Crippen molar-refractivity contribution in [1.29, 1.82) is 0 Å². The van der Waals surface area contributed by atoms with E-state index >= 15 is 0 Å². The van der Waals surface area contributed by atoms with E-state index in [-0.39, 0.29) is 5.56 Å². The van der Waals surface area contributed by atoms with Gasteiger partial charge in [0.1, 0.15) is 11.9 Å². The van der Waals surface area contributed by atoms with Gasteiger partial charge in [0.2, 0.25) is 0 Å². The number of nitrogens with one attached hydrogen (secondary N) is 1. The van der Waals surface area contributed by atoms with Gasteiger partial charge < -0.3 is 15.2 Å². The minimum absolute atomic E-state index is 0.197. The maximum absolute atomic E-state index is 10.7. The van der Waals surface area contributed by atoms with Crippen molar-refractivity contribution in [2.24, 2.45) is 0 Å². The third-order valence-corrected chi connectivity index (χ3v) is 2.14. The molecule has 15 heavy (non-hydrogen) atoms. The first-order valence-corrected chi connectivity index (χ1v) is 4.49. The Kier molecular flexibility index (Phi) is 2.17. The number of nitrogens with zero attached hydrogens (tertiary/aromatic N) is 1. The van der Waals surface area contributed by atoms with Crippen LogP contribution >= 0.6 is 0 Å². The summed E-state index contributed by atoms with van der Waals surface area (Å²) < 4.78 is 0. The van der Waals surface area contributed by atoms with E-state index < -0.39 is 12.1 Å². The number of aromatic amines is 1. The normalized spacial score (nSPS) is 12.9. The van der Waals surface area contributed by atoms with E-state index in [1.807, 2.05) is 0 Å². The third kappa shape index (κ3) is 1.69. The van der Waals surface area contributed by atoms with E-state index in [9.17, 15) is 9.90 Å². The predicted molar refractivity (Wildman–Crippen MR) is 53.7 cm³/mol. The molecule has 0 radical (unpaired) electrons. The molecule has 1 aromatic heterocycles. The number of hydrogen-bond donors (Lipinski definition) is 3. The van der Waals surface area contributed by atoms with Gasteiger partial charge in [-0.25, -0.2) is 9.78 Å². The molecule has 0 aliphatic rings. The minimum Gasteiger partial charge on any atom is -0.478 e. The number of carboxylic acid groups (broad SMARTS) is 1. The van der Waals surface area contributed by atoms with Crippen LogP contribution in [0, 0.1) is 0 Å². The summed E-state index contributed by atoms with van der Waals surface area (Å²) in [5.41, 5.74) is 1.46. The van der Waals surface area contributed by atoms with Gasteiger partial charge in [-0.2, -0.15) is 0 Å². The van der Waals surface area contributed by atoms with Crippen molar-refractivity contribution >= 4 is 17.0 Å². The number of aliphatic hydroxyl groups excluding tert-OH is 1. The standard InChI is InChI=1S/C10H10N2O3/c1-5(13)9-11-7-3-2-6(10(14)15)4-8(7)12-9/h2-5,13H,1H3,(H,11,12)(H,14,15)/t5-/m1/s1. The Hall–Kier alpha value is -1.88. The van der Waals surface area contributed by atoms with Gasteiger partial charge in [-0.3, -0.25) is 0 Å². The first kappa shape index (κ1) is 9.67. The van der Waals surface area contributed by atoms with Crippen LogP contribution in [-0.4, -0.2) is 26.2 Å². The van der Waals surface area contributed by atoms with Gasteiger partial charge in [0.25, 0.3) is 0 Å². The lowest BCUT2D eigenvalue weighted by Gasteiger charge is -1.95. The second-order valence-corrected chi connectivity index (χ2v) is 3.34. The summed E-state index contributed by atoms with van der Waals surface area (Å²) in [6.07, 6.45) is -0.689. The van der Waals surface area contributed by atoms with Crippen molar-refractivity contribution < 1.29 is 15.0 Å². The van der Waals surface area contributed by atoms with Gasteiger partial charge >= 0.3 is 5.97 Å². The number of fused-ring (bicyclic) bond motifs is 1. The van der Waals surface area contributed by atoms with Gasteiger partial charge in [0, 0.05) is 0 Å². The van der Waals surface area contributed by atoms with Gasteiger partial charge in [-0.05, 0) is 25.1 Å². The molecule has 5 nitrogen and oxygen atoms in total. The van der Waals surface area contributed by atoms with Gasteiger partial charge in [0.15, 0.2) is 0 Å². The summed E-state index contributed by atoms with van der Waals surface area (Å²) in [5, 5.41) is 18.1. The highest BCUT2D eigenvalue weighted by Gasteiger charge is 2.09. The molecule has 3 N–H and O–H groups in total. The van der Waals surface area contributed by atoms with Crippen molar-refractivity contribution in [3.8, 4) is 0 Å². The first-order valence-electron chi connectivity index (χ1n) is 4.49. The van der Waals surface area contributed by atoms with Crippen LogP contribution in [0.25, 0.3) is 11.0 Å². The van der Waals surface area contributed by atoms with Gasteiger partial charge in [-0.15, -0.1) is 0 Å². The SMILES string of the molecule is C[C@@H](O)c1nc2ccc(C(=O)O)cc2[nH]1. The van der Waals surface area contributed by atoms with E-state index in [0.29, 0.717) is 16.9 Å². The summed E-state index contributed by atoms with van der Waals surface area (Å²) in [6, 6.07) is 4.59. The topological polar surface area (TPSA) is 86.2 Å². The Morgan fingerprint density at radius 2 is 2.27 bits per heavy atom. The van der Waals surface area contributed by atoms with Crippen molar-refractivity contribution in [3.05, 3.63) is 29.6 Å². The van der Waals surface area contributed by atoms with E-state index in [4.69, 9.17) is 5.11 Å². The van der Waals surface area contributed by atoms with Crippen molar-refractivity contribution in [1.82, 2.24) is 9.97 Å². The highest BCUT2D eigenvalue weighted by atomic mass is 16.4. The lowest BCUT2D eigenvalue weighted by atomic mass is 10.2. The van der Waals surface area contributed by atoms with E-state index in [1.54, 1.807) is 13.0 Å². The molecule has 0 spiro atoms. The van der Waals surface area contributed by atoms with E-state index in [1.165, 1.54) is 12.1 Å². The van der Waals surface area contributed by atoms with Crippen LogP contribution < -0.4 is 0 Å². The van der Waals surface area contributed by atoms with Gasteiger partial charge in [0.05, 0.1) is 16.6 Å². The molecule has 0 aliphatic heterocycles. The Labute approximate surface area is 85.4 Å².